The van der Waals surface area contributed by atoms with E-state index in [1.54, 1.807) is 36.1 Å². The lowest BCUT2D eigenvalue weighted by molar-refractivity contribution is -0.143. The fourth-order valence-corrected chi connectivity index (χ4v) is 2.46. The van der Waals surface area contributed by atoms with Crippen molar-refractivity contribution in [2.45, 2.75) is 46.6 Å². The second-order valence-electron chi connectivity index (χ2n) is 6.38. The van der Waals surface area contributed by atoms with Crippen molar-refractivity contribution in [3.63, 3.8) is 0 Å². The molecule has 0 spiro atoms. The van der Waals surface area contributed by atoms with Crippen molar-refractivity contribution in [3.8, 4) is 0 Å². The van der Waals surface area contributed by atoms with E-state index in [9.17, 15) is 14.4 Å². The molecule has 0 saturated carbocycles. The predicted octanol–water partition coefficient (Wildman–Crippen LogP) is 2.86. The molecule has 0 unspecified atom stereocenters. The number of benzene rings is 1. The molecule has 27 heavy (non-hydrogen) atoms. The molecule has 7 heteroatoms. The zero-order chi connectivity index (χ0) is 20.2. The Hall–Kier alpha value is -2.41. The van der Waals surface area contributed by atoms with Crippen LogP contribution in [0, 0.1) is 0 Å². The number of nitrogens with zero attached hydrogens (tertiary/aromatic N) is 1. The van der Waals surface area contributed by atoms with Gasteiger partial charge in [0.25, 0.3) is 5.91 Å². The SMILES string of the molecule is CCOC(=O)CCN(CCCOC(C)C)C(=O)c1cccc(NC(C)=O)c1. The van der Waals surface area contributed by atoms with Gasteiger partial charge in [-0.2, -0.15) is 0 Å². The van der Waals surface area contributed by atoms with Crippen molar-refractivity contribution in [1.82, 2.24) is 4.90 Å². The summed E-state index contributed by atoms with van der Waals surface area (Å²) in [5.41, 5.74) is 1.01. The second kappa shape index (κ2) is 12.1. The van der Waals surface area contributed by atoms with Crippen molar-refractivity contribution in [3.05, 3.63) is 29.8 Å². The molecular weight excluding hydrogens is 348 g/mol. The highest BCUT2D eigenvalue weighted by Gasteiger charge is 2.18. The van der Waals surface area contributed by atoms with Gasteiger partial charge in [-0.3, -0.25) is 14.4 Å². The van der Waals surface area contributed by atoms with Crippen molar-refractivity contribution < 1.29 is 23.9 Å². The Kier molecular flexibility index (Phi) is 10.1. The van der Waals surface area contributed by atoms with Crippen LogP contribution in [-0.4, -0.2) is 55.1 Å². The molecular formula is C20H30N2O5. The first-order valence-corrected chi connectivity index (χ1v) is 9.27. The third-order valence-electron chi connectivity index (χ3n) is 3.63. The summed E-state index contributed by atoms with van der Waals surface area (Å²) in [6, 6.07) is 6.75. The Bertz CT molecular complexity index is 631. The van der Waals surface area contributed by atoms with E-state index in [1.807, 2.05) is 13.8 Å². The number of esters is 1. The third-order valence-corrected chi connectivity index (χ3v) is 3.63. The summed E-state index contributed by atoms with van der Waals surface area (Å²) in [5, 5.41) is 2.67. The zero-order valence-electron chi connectivity index (χ0n) is 16.6. The fourth-order valence-electron chi connectivity index (χ4n) is 2.46. The number of rotatable bonds is 11. The van der Waals surface area contributed by atoms with Crippen LogP contribution in [0.15, 0.2) is 24.3 Å². The maximum atomic E-state index is 12.9. The Morgan fingerprint density at radius 2 is 1.93 bits per heavy atom. The molecule has 0 aromatic heterocycles. The van der Waals surface area contributed by atoms with Gasteiger partial charge in [-0.15, -0.1) is 0 Å². The van der Waals surface area contributed by atoms with Gasteiger partial charge in [-0.05, 0) is 45.4 Å². The van der Waals surface area contributed by atoms with Gasteiger partial charge in [0.15, 0.2) is 0 Å². The summed E-state index contributed by atoms with van der Waals surface area (Å²) in [4.78, 5) is 37.4. The van der Waals surface area contributed by atoms with E-state index >= 15 is 0 Å². The average Bonchev–Trinajstić information content (AvgIpc) is 2.60. The molecule has 0 saturated heterocycles. The molecule has 1 aromatic rings. The van der Waals surface area contributed by atoms with Gasteiger partial charge in [-0.1, -0.05) is 6.07 Å². The topological polar surface area (TPSA) is 84.9 Å². The van der Waals surface area contributed by atoms with Crippen molar-refractivity contribution in [2.24, 2.45) is 0 Å². The highest BCUT2D eigenvalue weighted by Crippen LogP contribution is 2.14. The van der Waals surface area contributed by atoms with E-state index in [4.69, 9.17) is 9.47 Å². The Balaban J connectivity index is 2.80. The van der Waals surface area contributed by atoms with Crippen molar-refractivity contribution in [2.75, 3.05) is 31.6 Å². The molecule has 0 fully saturated rings. The number of hydrogen-bond donors (Lipinski definition) is 1. The summed E-state index contributed by atoms with van der Waals surface area (Å²) >= 11 is 0. The summed E-state index contributed by atoms with van der Waals surface area (Å²) in [7, 11) is 0. The standard InChI is InChI=1S/C20H30N2O5/c1-5-26-19(24)10-12-22(11-7-13-27-15(2)3)20(25)17-8-6-9-18(14-17)21-16(4)23/h6,8-9,14-15H,5,7,10-13H2,1-4H3,(H,21,23). The van der Waals surface area contributed by atoms with Crippen LogP contribution in [0.3, 0.4) is 0 Å². The highest BCUT2D eigenvalue weighted by atomic mass is 16.5. The summed E-state index contributed by atoms with van der Waals surface area (Å²) in [6.45, 7) is 8.65. The smallest absolute Gasteiger partial charge is 0.307 e. The van der Waals surface area contributed by atoms with Gasteiger partial charge in [0, 0.05) is 37.9 Å². The molecule has 1 N–H and O–H groups in total. The lowest BCUT2D eigenvalue weighted by Gasteiger charge is -2.23. The molecule has 0 aliphatic heterocycles. The Labute approximate surface area is 161 Å². The zero-order valence-corrected chi connectivity index (χ0v) is 16.6. The predicted molar refractivity (Wildman–Crippen MR) is 104 cm³/mol. The summed E-state index contributed by atoms with van der Waals surface area (Å²) in [6.07, 6.45) is 0.928. The molecule has 1 rings (SSSR count). The first-order chi connectivity index (χ1) is 12.8. The molecule has 0 atom stereocenters. The molecule has 0 aliphatic carbocycles. The molecule has 150 valence electrons. The molecule has 0 radical (unpaired) electrons. The number of nitrogens with one attached hydrogen (secondary N) is 1. The van der Waals surface area contributed by atoms with Crippen LogP contribution in [-0.2, 0) is 19.1 Å². The van der Waals surface area contributed by atoms with Crippen molar-refractivity contribution in [1.29, 1.82) is 0 Å². The minimum atomic E-state index is -0.333. The number of carbonyl (C=O) groups excluding carboxylic acids is 3. The average molecular weight is 378 g/mol. The fraction of sp³-hybridized carbons (Fsp3) is 0.550. The van der Waals surface area contributed by atoms with Gasteiger partial charge in [-0.25, -0.2) is 0 Å². The lowest BCUT2D eigenvalue weighted by atomic mass is 10.1. The molecule has 0 bridgehead atoms. The van der Waals surface area contributed by atoms with E-state index in [1.165, 1.54) is 6.92 Å². The summed E-state index contributed by atoms with van der Waals surface area (Å²) in [5.74, 6) is -0.735. The lowest BCUT2D eigenvalue weighted by Crippen LogP contribution is -2.35. The Morgan fingerprint density at radius 1 is 1.19 bits per heavy atom. The van der Waals surface area contributed by atoms with Crippen LogP contribution >= 0.6 is 0 Å². The monoisotopic (exact) mass is 378 g/mol. The highest BCUT2D eigenvalue weighted by molar-refractivity contribution is 5.97. The van der Waals surface area contributed by atoms with Crippen LogP contribution in [0.2, 0.25) is 0 Å². The van der Waals surface area contributed by atoms with Crippen LogP contribution < -0.4 is 5.32 Å². The number of ether oxygens (including phenoxy) is 2. The van der Waals surface area contributed by atoms with Crippen LogP contribution in [0.4, 0.5) is 5.69 Å². The first-order valence-electron chi connectivity index (χ1n) is 9.27. The van der Waals surface area contributed by atoms with Gasteiger partial charge in [0.05, 0.1) is 19.1 Å². The second-order valence-corrected chi connectivity index (χ2v) is 6.38. The first kappa shape index (κ1) is 22.6. The van der Waals surface area contributed by atoms with Crippen LogP contribution in [0.25, 0.3) is 0 Å². The summed E-state index contributed by atoms with van der Waals surface area (Å²) < 4.78 is 10.5. The number of hydrogen-bond acceptors (Lipinski definition) is 5. The molecule has 1 aromatic carbocycles. The van der Waals surface area contributed by atoms with E-state index < -0.39 is 0 Å². The largest absolute Gasteiger partial charge is 0.466 e. The molecule has 2 amide bonds. The van der Waals surface area contributed by atoms with Crippen LogP contribution in [0.5, 0.6) is 0 Å². The molecule has 0 heterocycles. The third kappa shape index (κ3) is 9.19. The number of anilines is 1. The minimum Gasteiger partial charge on any atom is -0.466 e. The van der Waals surface area contributed by atoms with E-state index in [0.29, 0.717) is 37.4 Å². The van der Waals surface area contributed by atoms with E-state index in [2.05, 4.69) is 5.32 Å². The van der Waals surface area contributed by atoms with Crippen molar-refractivity contribution >= 4 is 23.5 Å². The Morgan fingerprint density at radius 3 is 2.56 bits per heavy atom. The van der Waals surface area contributed by atoms with Crippen LogP contribution in [0.1, 0.15) is 50.9 Å². The van der Waals surface area contributed by atoms with Gasteiger partial charge < -0.3 is 19.7 Å². The number of amides is 2. The maximum absolute atomic E-state index is 12.9. The quantitative estimate of drug-likeness (QED) is 0.473. The number of carbonyl (C=O) groups is 3. The van der Waals surface area contributed by atoms with E-state index in [-0.39, 0.29) is 36.9 Å². The molecule has 7 nitrogen and oxygen atoms in total. The van der Waals surface area contributed by atoms with Gasteiger partial charge >= 0.3 is 5.97 Å². The van der Waals surface area contributed by atoms with Gasteiger partial charge in [0.2, 0.25) is 5.91 Å². The maximum Gasteiger partial charge on any atom is 0.307 e. The van der Waals surface area contributed by atoms with Gasteiger partial charge in [0.1, 0.15) is 0 Å². The van der Waals surface area contributed by atoms with E-state index in [0.717, 1.165) is 0 Å². The normalized spacial score (nSPS) is 10.6. The minimum absolute atomic E-state index is 0.128. The molecule has 0 aliphatic rings.